The highest BCUT2D eigenvalue weighted by molar-refractivity contribution is 7.53. The number of hydrogen-bond acceptors (Lipinski definition) is 3. The van der Waals surface area contributed by atoms with Gasteiger partial charge < -0.3 is 4.52 Å². The highest BCUT2D eigenvalue weighted by Crippen LogP contribution is 2.51. The highest BCUT2D eigenvalue weighted by Gasteiger charge is 2.27. The summed E-state index contributed by atoms with van der Waals surface area (Å²) in [4.78, 5) is 0. The molecule has 0 radical (unpaired) electrons. The van der Waals surface area contributed by atoms with Crippen molar-refractivity contribution < 1.29 is 22.4 Å². The van der Waals surface area contributed by atoms with Crippen LogP contribution in [0.4, 0.5) is 8.78 Å². The summed E-state index contributed by atoms with van der Waals surface area (Å²) in [5.74, 6) is -0.468. The average molecular weight is 264 g/mol. The number of hydrogen-bond donors (Lipinski definition) is 0. The van der Waals surface area contributed by atoms with E-state index >= 15 is 0 Å². The molecule has 96 valence electrons. The van der Waals surface area contributed by atoms with E-state index in [1.165, 1.54) is 12.1 Å². The van der Waals surface area contributed by atoms with Gasteiger partial charge in [0.2, 0.25) is 6.36 Å². The van der Waals surface area contributed by atoms with Crippen molar-refractivity contribution >= 4 is 7.60 Å². The maximum Gasteiger partial charge on any atom is 0.333 e. The smallest absolute Gasteiger partial charge is 0.309 e. The Kier molecular flexibility index (Phi) is 5.25. The molecule has 3 nitrogen and oxygen atoms in total. The summed E-state index contributed by atoms with van der Waals surface area (Å²) >= 11 is 0. The van der Waals surface area contributed by atoms with Gasteiger partial charge in [-0.15, -0.1) is 0 Å². The van der Waals surface area contributed by atoms with Crippen molar-refractivity contribution in [3.8, 4) is 0 Å². The SMILES string of the molecule is CCOP(=O)(CC)OC(F)c1ccc(F)cc1. The van der Waals surface area contributed by atoms with Crippen LogP contribution in [-0.4, -0.2) is 12.8 Å². The Balaban J connectivity index is 2.74. The second-order valence-corrected chi connectivity index (χ2v) is 5.64. The summed E-state index contributed by atoms with van der Waals surface area (Å²) in [5.41, 5.74) is 0.111. The molecule has 17 heavy (non-hydrogen) atoms. The van der Waals surface area contributed by atoms with Gasteiger partial charge >= 0.3 is 7.60 Å². The van der Waals surface area contributed by atoms with Gasteiger partial charge in [-0.05, 0) is 19.1 Å². The molecule has 0 aromatic heterocycles. The van der Waals surface area contributed by atoms with E-state index in [1.54, 1.807) is 13.8 Å². The molecule has 2 atom stereocenters. The Labute approximate surface area is 99.3 Å². The van der Waals surface area contributed by atoms with Gasteiger partial charge in [0, 0.05) is 11.7 Å². The predicted octanol–water partition coefficient (Wildman–Crippen LogP) is 4.06. The lowest BCUT2D eigenvalue weighted by Gasteiger charge is -2.18. The van der Waals surface area contributed by atoms with Crippen LogP contribution in [0.15, 0.2) is 24.3 Å². The third-order valence-corrected chi connectivity index (χ3v) is 4.03. The van der Waals surface area contributed by atoms with E-state index in [0.717, 1.165) is 12.1 Å². The summed E-state index contributed by atoms with van der Waals surface area (Å²) in [5, 5.41) is 0. The Hall–Kier alpha value is -0.770. The number of rotatable bonds is 6. The minimum atomic E-state index is -3.40. The van der Waals surface area contributed by atoms with Crippen LogP contribution in [0.3, 0.4) is 0 Å². The summed E-state index contributed by atoms with van der Waals surface area (Å²) in [6, 6.07) is 4.71. The summed E-state index contributed by atoms with van der Waals surface area (Å²) < 4.78 is 47.9. The average Bonchev–Trinajstić information content (AvgIpc) is 2.30. The molecule has 0 heterocycles. The van der Waals surface area contributed by atoms with Crippen LogP contribution in [0.5, 0.6) is 0 Å². The normalized spacial score (nSPS) is 16.5. The lowest BCUT2D eigenvalue weighted by atomic mass is 10.2. The van der Waals surface area contributed by atoms with Gasteiger partial charge in [0.15, 0.2) is 0 Å². The van der Waals surface area contributed by atoms with Crippen LogP contribution < -0.4 is 0 Å². The molecule has 0 fully saturated rings. The van der Waals surface area contributed by atoms with Crippen LogP contribution in [0.1, 0.15) is 25.8 Å². The minimum Gasteiger partial charge on any atom is -0.309 e. The van der Waals surface area contributed by atoms with Crippen molar-refractivity contribution in [2.24, 2.45) is 0 Å². The highest BCUT2D eigenvalue weighted by atomic mass is 31.2. The van der Waals surface area contributed by atoms with Gasteiger partial charge in [-0.25, -0.2) is 8.78 Å². The zero-order chi connectivity index (χ0) is 12.9. The lowest BCUT2D eigenvalue weighted by Crippen LogP contribution is -2.02. The maximum atomic E-state index is 13.7. The van der Waals surface area contributed by atoms with E-state index in [4.69, 9.17) is 9.05 Å². The fourth-order valence-electron chi connectivity index (χ4n) is 1.21. The zero-order valence-electron chi connectivity index (χ0n) is 9.73. The van der Waals surface area contributed by atoms with Crippen molar-refractivity contribution in [1.29, 1.82) is 0 Å². The monoisotopic (exact) mass is 264 g/mol. The quantitative estimate of drug-likeness (QED) is 0.727. The van der Waals surface area contributed by atoms with Crippen LogP contribution in [0, 0.1) is 5.82 Å². The molecule has 0 aliphatic carbocycles. The topological polar surface area (TPSA) is 35.5 Å². The fraction of sp³-hybridized carbons (Fsp3) is 0.455. The van der Waals surface area contributed by atoms with Gasteiger partial charge in [-0.1, -0.05) is 19.1 Å². The molecule has 1 aromatic rings. The second-order valence-electron chi connectivity index (χ2n) is 3.32. The Morgan fingerprint density at radius 1 is 1.29 bits per heavy atom. The van der Waals surface area contributed by atoms with E-state index in [-0.39, 0.29) is 18.3 Å². The van der Waals surface area contributed by atoms with Crippen LogP contribution >= 0.6 is 7.60 Å². The first-order valence-corrected chi connectivity index (χ1v) is 7.05. The molecule has 0 spiro atoms. The molecule has 2 unspecified atom stereocenters. The molecule has 0 bridgehead atoms. The molecule has 0 aliphatic heterocycles. The number of benzene rings is 1. The molecular weight excluding hydrogens is 249 g/mol. The third-order valence-electron chi connectivity index (χ3n) is 2.10. The minimum absolute atomic E-state index is 0.0858. The van der Waals surface area contributed by atoms with Gasteiger partial charge in [-0.2, -0.15) is 0 Å². The first kappa shape index (κ1) is 14.3. The van der Waals surface area contributed by atoms with E-state index < -0.39 is 19.8 Å². The van der Waals surface area contributed by atoms with Crippen LogP contribution in [-0.2, 0) is 13.6 Å². The Morgan fingerprint density at radius 2 is 1.88 bits per heavy atom. The van der Waals surface area contributed by atoms with E-state index in [0.29, 0.717) is 0 Å². The standard InChI is InChI=1S/C11H15F2O3P/c1-3-15-17(14,4-2)16-11(13)9-5-7-10(12)8-6-9/h5-8,11H,3-4H2,1-2H3. The van der Waals surface area contributed by atoms with Gasteiger partial charge in [0.1, 0.15) is 5.82 Å². The number of halogens is 2. The molecular formula is C11H15F2O3P. The molecule has 6 heteroatoms. The van der Waals surface area contributed by atoms with Crippen molar-refractivity contribution in [2.45, 2.75) is 20.2 Å². The van der Waals surface area contributed by atoms with Crippen molar-refractivity contribution in [3.05, 3.63) is 35.6 Å². The largest absolute Gasteiger partial charge is 0.333 e. The van der Waals surface area contributed by atoms with Gasteiger partial charge in [0.25, 0.3) is 0 Å². The molecule has 1 aromatic carbocycles. The van der Waals surface area contributed by atoms with Crippen LogP contribution in [0.2, 0.25) is 0 Å². The zero-order valence-corrected chi connectivity index (χ0v) is 10.6. The first-order valence-electron chi connectivity index (χ1n) is 5.32. The fourth-order valence-corrected chi connectivity index (χ4v) is 2.40. The molecule has 0 amide bonds. The van der Waals surface area contributed by atoms with E-state index in [1.807, 2.05) is 0 Å². The third kappa shape index (κ3) is 4.19. The molecule has 0 aliphatic rings. The molecule has 0 saturated heterocycles. The molecule has 1 rings (SSSR count). The van der Waals surface area contributed by atoms with Crippen molar-refractivity contribution in [2.75, 3.05) is 12.8 Å². The van der Waals surface area contributed by atoms with Crippen molar-refractivity contribution in [3.63, 3.8) is 0 Å². The van der Waals surface area contributed by atoms with E-state index in [9.17, 15) is 13.3 Å². The first-order chi connectivity index (χ1) is 8.00. The molecule has 0 saturated carbocycles. The van der Waals surface area contributed by atoms with Gasteiger partial charge in [-0.3, -0.25) is 9.09 Å². The summed E-state index contributed by atoms with van der Waals surface area (Å²) in [6.07, 6.45) is -1.80. The maximum absolute atomic E-state index is 13.7. The molecule has 0 N–H and O–H groups in total. The van der Waals surface area contributed by atoms with Crippen LogP contribution in [0.25, 0.3) is 0 Å². The second kappa shape index (κ2) is 6.24. The summed E-state index contributed by atoms with van der Waals surface area (Å²) in [7, 11) is -3.40. The Morgan fingerprint density at radius 3 is 2.35 bits per heavy atom. The van der Waals surface area contributed by atoms with Crippen molar-refractivity contribution in [1.82, 2.24) is 0 Å². The van der Waals surface area contributed by atoms with Gasteiger partial charge in [0.05, 0.1) is 6.61 Å². The number of alkyl halides is 1. The Bertz CT molecular complexity index is 394. The summed E-state index contributed by atoms with van der Waals surface area (Å²) in [6.45, 7) is 3.42. The van der Waals surface area contributed by atoms with E-state index in [2.05, 4.69) is 0 Å². The lowest BCUT2D eigenvalue weighted by molar-refractivity contribution is 0.0468. The predicted molar refractivity (Wildman–Crippen MR) is 61.1 cm³/mol.